The number of aliphatic imine (C=N–C) groups is 1. The van der Waals surface area contributed by atoms with Crippen molar-refractivity contribution in [1.29, 1.82) is 0 Å². The normalized spacial score (nSPS) is 15.2. The number of benzene rings is 2. The molecule has 1 N–H and O–H groups in total. The van der Waals surface area contributed by atoms with E-state index < -0.39 is 0 Å². The Balaban J connectivity index is 1.73. The predicted octanol–water partition coefficient (Wildman–Crippen LogP) is 5.90. The monoisotopic (exact) mass is 464 g/mol. The molecule has 0 fully saturated rings. The Hall–Kier alpha value is -3.32. The molecular formula is C26H28N2O4S. The van der Waals surface area contributed by atoms with Gasteiger partial charge in [0.15, 0.2) is 11.5 Å². The molecule has 33 heavy (non-hydrogen) atoms. The summed E-state index contributed by atoms with van der Waals surface area (Å²) in [4.78, 5) is 19.5. The third-order valence-corrected chi connectivity index (χ3v) is 6.99. The van der Waals surface area contributed by atoms with E-state index in [1.807, 2.05) is 42.5 Å². The standard InChI is InChI=1S/C26H28N2O4S/c1-16-12-13-18-22(14-16)33-26(27-15-17-8-7-11-21(31-3)24(17)32-4)23(18)25(29)28-19-9-5-6-10-20(19)30-2/h5-11,15-16H,12-14H2,1-4H3,(H,28,29)/b27-15+. The van der Waals surface area contributed by atoms with E-state index in [9.17, 15) is 4.79 Å². The zero-order chi connectivity index (χ0) is 23.4. The molecule has 3 aromatic rings. The smallest absolute Gasteiger partial charge is 0.259 e. The molecule has 0 bridgehead atoms. The van der Waals surface area contributed by atoms with E-state index in [1.54, 1.807) is 38.9 Å². The number of carbonyl (C=O) groups excluding carboxylic acids is 1. The van der Waals surface area contributed by atoms with Gasteiger partial charge in [-0.1, -0.05) is 25.1 Å². The van der Waals surface area contributed by atoms with Crippen molar-refractivity contribution in [3.8, 4) is 17.2 Å². The first-order chi connectivity index (χ1) is 16.0. The first-order valence-corrected chi connectivity index (χ1v) is 11.7. The molecule has 1 heterocycles. The molecule has 0 spiro atoms. The van der Waals surface area contributed by atoms with Crippen LogP contribution in [0.25, 0.3) is 0 Å². The van der Waals surface area contributed by atoms with Gasteiger partial charge in [-0.25, -0.2) is 4.99 Å². The van der Waals surface area contributed by atoms with E-state index in [2.05, 4.69) is 12.2 Å². The summed E-state index contributed by atoms with van der Waals surface area (Å²) >= 11 is 1.60. The highest BCUT2D eigenvalue weighted by atomic mass is 32.1. The number of nitrogens with zero attached hydrogens (tertiary/aromatic N) is 1. The third-order valence-electron chi connectivity index (χ3n) is 5.83. The van der Waals surface area contributed by atoms with Crippen molar-refractivity contribution in [3.05, 3.63) is 64.0 Å². The number of ether oxygens (including phenoxy) is 3. The molecule has 6 nitrogen and oxygen atoms in total. The second kappa shape index (κ2) is 10.1. The maximum absolute atomic E-state index is 13.5. The summed E-state index contributed by atoms with van der Waals surface area (Å²) in [6.45, 7) is 2.25. The number of methoxy groups -OCH3 is 3. The van der Waals surface area contributed by atoms with Crippen molar-refractivity contribution in [3.63, 3.8) is 0 Å². The molecule has 1 aliphatic carbocycles. The highest BCUT2D eigenvalue weighted by molar-refractivity contribution is 7.16. The maximum Gasteiger partial charge on any atom is 0.259 e. The van der Waals surface area contributed by atoms with Crippen LogP contribution in [0.1, 0.15) is 39.7 Å². The number of nitrogens with one attached hydrogen (secondary N) is 1. The van der Waals surface area contributed by atoms with E-state index in [-0.39, 0.29) is 5.91 Å². The number of hydrogen-bond acceptors (Lipinski definition) is 6. The van der Waals surface area contributed by atoms with Crippen molar-refractivity contribution in [2.75, 3.05) is 26.6 Å². The second-order valence-electron chi connectivity index (χ2n) is 8.03. The lowest BCUT2D eigenvalue weighted by Gasteiger charge is -2.18. The molecule has 172 valence electrons. The summed E-state index contributed by atoms with van der Waals surface area (Å²) in [5.74, 6) is 2.29. The Kier molecular flexibility index (Phi) is 6.99. The van der Waals surface area contributed by atoms with Crippen LogP contribution in [-0.2, 0) is 12.8 Å². The average molecular weight is 465 g/mol. The molecule has 4 rings (SSSR count). The van der Waals surface area contributed by atoms with Gasteiger partial charge in [0.05, 0.1) is 32.6 Å². The number of para-hydroxylation sites is 3. The molecule has 7 heteroatoms. The van der Waals surface area contributed by atoms with Gasteiger partial charge < -0.3 is 19.5 Å². The van der Waals surface area contributed by atoms with Gasteiger partial charge >= 0.3 is 0 Å². The molecule has 1 unspecified atom stereocenters. The number of hydrogen-bond donors (Lipinski definition) is 1. The van der Waals surface area contributed by atoms with Crippen LogP contribution < -0.4 is 19.5 Å². The quantitative estimate of drug-likeness (QED) is 0.442. The van der Waals surface area contributed by atoms with Crippen LogP contribution in [0.2, 0.25) is 0 Å². The molecule has 0 aliphatic heterocycles. The topological polar surface area (TPSA) is 69.2 Å². The summed E-state index contributed by atoms with van der Waals surface area (Å²) in [6.07, 6.45) is 4.64. The summed E-state index contributed by atoms with van der Waals surface area (Å²) in [6, 6.07) is 13.1. The zero-order valence-corrected chi connectivity index (χ0v) is 20.1. The van der Waals surface area contributed by atoms with Crippen LogP contribution in [-0.4, -0.2) is 33.5 Å². The van der Waals surface area contributed by atoms with E-state index in [1.165, 1.54) is 4.88 Å². The average Bonchev–Trinajstić information content (AvgIpc) is 3.20. The highest BCUT2D eigenvalue weighted by Gasteiger charge is 2.28. The second-order valence-corrected chi connectivity index (χ2v) is 9.11. The number of amides is 1. The fraction of sp³-hybridized carbons (Fsp3) is 0.308. The van der Waals surface area contributed by atoms with Gasteiger partial charge in [-0.15, -0.1) is 11.3 Å². The Morgan fingerprint density at radius 2 is 1.82 bits per heavy atom. The van der Waals surface area contributed by atoms with Crippen molar-refractivity contribution >= 4 is 34.1 Å². The predicted molar refractivity (Wildman–Crippen MR) is 133 cm³/mol. The summed E-state index contributed by atoms with van der Waals surface area (Å²) in [7, 11) is 4.80. The number of rotatable bonds is 7. The van der Waals surface area contributed by atoms with Crippen LogP contribution in [0.15, 0.2) is 47.5 Å². The lowest BCUT2D eigenvalue weighted by Crippen LogP contribution is -2.17. The fourth-order valence-corrected chi connectivity index (χ4v) is 5.49. The molecule has 1 aliphatic rings. The van der Waals surface area contributed by atoms with Crippen molar-refractivity contribution in [2.24, 2.45) is 10.9 Å². The fourth-order valence-electron chi connectivity index (χ4n) is 4.14. The minimum atomic E-state index is -0.170. The minimum Gasteiger partial charge on any atom is -0.495 e. The van der Waals surface area contributed by atoms with Gasteiger partial charge in [-0.2, -0.15) is 0 Å². The van der Waals surface area contributed by atoms with E-state index in [4.69, 9.17) is 19.2 Å². The Labute approximate surface area is 198 Å². The SMILES string of the molecule is COc1ccccc1NC(=O)c1c(/N=C/c2cccc(OC)c2OC)sc2c1CCC(C)C2. The lowest BCUT2D eigenvalue weighted by atomic mass is 9.88. The highest BCUT2D eigenvalue weighted by Crippen LogP contribution is 2.42. The van der Waals surface area contributed by atoms with Crippen molar-refractivity contribution in [1.82, 2.24) is 0 Å². The molecule has 1 aromatic heterocycles. The lowest BCUT2D eigenvalue weighted by molar-refractivity contribution is 0.102. The summed E-state index contributed by atoms with van der Waals surface area (Å²) in [5.41, 5.74) is 3.17. The minimum absolute atomic E-state index is 0.170. The van der Waals surface area contributed by atoms with Crippen LogP contribution in [0.3, 0.4) is 0 Å². The molecule has 2 aromatic carbocycles. The number of fused-ring (bicyclic) bond motifs is 1. The third kappa shape index (κ3) is 4.73. The van der Waals surface area contributed by atoms with Crippen molar-refractivity contribution < 1.29 is 19.0 Å². The Bertz CT molecular complexity index is 1190. The molecule has 0 saturated heterocycles. The molecule has 0 saturated carbocycles. The van der Waals surface area contributed by atoms with Gasteiger partial charge in [0, 0.05) is 16.7 Å². The van der Waals surface area contributed by atoms with E-state index >= 15 is 0 Å². The van der Waals surface area contributed by atoms with Gasteiger partial charge in [-0.3, -0.25) is 4.79 Å². The largest absolute Gasteiger partial charge is 0.495 e. The van der Waals surface area contributed by atoms with Crippen molar-refractivity contribution in [2.45, 2.75) is 26.2 Å². The van der Waals surface area contributed by atoms with Crippen LogP contribution in [0, 0.1) is 5.92 Å². The first-order valence-electron chi connectivity index (χ1n) is 10.9. The summed E-state index contributed by atoms with van der Waals surface area (Å²) in [5, 5.41) is 3.73. The molecular weight excluding hydrogens is 436 g/mol. The van der Waals surface area contributed by atoms with Crippen LogP contribution in [0.4, 0.5) is 10.7 Å². The number of thiophene rings is 1. The Morgan fingerprint density at radius 3 is 2.58 bits per heavy atom. The van der Waals surface area contributed by atoms with Crippen LogP contribution in [0.5, 0.6) is 17.2 Å². The van der Waals surface area contributed by atoms with Crippen LogP contribution >= 0.6 is 11.3 Å². The number of anilines is 1. The van der Waals surface area contributed by atoms with E-state index in [0.29, 0.717) is 39.4 Å². The molecule has 0 radical (unpaired) electrons. The zero-order valence-electron chi connectivity index (χ0n) is 19.3. The van der Waals surface area contributed by atoms with E-state index in [0.717, 1.165) is 30.4 Å². The molecule has 1 atom stereocenters. The maximum atomic E-state index is 13.5. The first kappa shape index (κ1) is 22.9. The number of carbonyl (C=O) groups is 1. The van der Waals surface area contributed by atoms with Gasteiger partial charge in [0.2, 0.25) is 0 Å². The van der Waals surface area contributed by atoms with Gasteiger partial charge in [-0.05, 0) is 55.0 Å². The van der Waals surface area contributed by atoms with Gasteiger partial charge in [0.1, 0.15) is 10.8 Å². The summed E-state index contributed by atoms with van der Waals surface area (Å²) < 4.78 is 16.3. The Morgan fingerprint density at radius 1 is 1.06 bits per heavy atom. The van der Waals surface area contributed by atoms with Gasteiger partial charge in [0.25, 0.3) is 5.91 Å². The molecule has 1 amide bonds.